The van der Waals surface area contributed by atoms with E-state index < -0.39 is 0 Å². The minimum atomic E-state index is 0.229. The summed E-state index contributed by atoms with van der Waals surface area (Å²) in [5.41, 5.74) is 8.99. The molecule has 0 aliphatic heterocycles. The molecule has 0 saturated heterocycles. The molecule has 5 saturated carbocycles. The van der Waals surface area contributed by atoms with Gasteiger partial charge in [-0.3, -0.25) is 0 Å². The Morgan fingerprint density at radius 2 is 1.63 bits per heavy atom. The van der Waals surface area contributed by atoms with Crippen LogP contribution in [-0.4, -0.2) is 10.9 Å². The summed E-state index contributed by atoms with van der Waals surface area (Å²) in [6.45, 7) is 4.72. The van der Waals surface area contributed by atoms with Crippen LogP contribution in [0.3, 0.4) is 0 Å². The van der Waals surface area contributed by atoms with Crippen molar-refractivity contribution in [2.75, 3.05) is 0 Å². The molecule has 2 heteroatoms. The first-order valence-electron chi connectivity index (χ1n) is 11.2. The fraction of sp³-hybridized carbons (Fsp3) is 0.720. The second kappa shape index (κ2) is 6.13. The summed E-state index contributed by atoms with van der Waals surface area (Å²) in [6, 6.07) is 11.8. The van der Waals surface area contributed by atoms with E-state index in [1.165, 1.54) is 56.2 Å². The molecule has 0 spiro atoms. The number of hydrogen-bond donors (Lipinski definition) is 1. The fourth-order valence-electron chi connectivity index (χ4n) is 8.00. The van der Waals surface area contributed by atoms with Crippen LogP contribution >= 0.6 is 12.2 Å². The Bertz CT molecular complexity index is 722. The van der Waals surface area contributed by atoms with E-state index in [0.717, 1.165) is 18.3 Å². The van der Waals surface area contributed by atoms with Crippen LogP contribution in [0.1, 0.15) is 77.2 Å². The van der Waals surface area contributed by atoms with Crippen LogP contribution in [0.4, 0.5) is 0 Å². The Morgan fingerprint density at radius 1 is 0.963 bits per heavy atom. The quantitative estimate of drug-likeness (QED) is 0.645. The summed E-state index contributed by atoms with van der Waals surface area (Å²) in [5, 5.41) is 0. The Morgan fingerprint density at radius 3 is 2.26 bits per heavy atom. The maximum absolute atomic E-state index is 6.43. The smallest absolute Gasteiger partial charge is 0.00907 e. The molecule has 4 bridgehead atoms. The molecule has 5 fully saturated rings. The average molecular weight is 382 g/mol. The van der Waals surface area contributed by atoms with Gasteiger partial charge in [0.2, 0.25) is 0 Å². The van der Waals surface area contributed by atoms with Gasteiger partial charge in [-0.25, -0.2) is 0 Å². The van der Waals surface area contributed by atoms with E-state index in [2.05, 4.69) is 44.2 Å². The first kappa shape index (κ1) is 18.3. The third kappa shape index (κ3) is 2.85. The molecule has 0 aromatic heterocycles. The number of nitrogens with two attached hydrogens (primary N) is 1. The van der Waals surface area contributed by atoms with E-state index >= 15 is 0 Å². The van der Waals surface area contributed by atoms with Gasteiger partial charge in [-0.05, 0) is 91.9 Å². The molecule has 2 N–H and O–H groups in total. The number of benzene rings is 1. The second-order valence-electron chi connectivity index (χ2n) is 11.3. The minimum Gasteiger partial charge on any atom is -0.327 e. The molecule has 1 nitrogen and oxygen atoms in total. The first-order valence-corrected chi connectivity index (χ1v) is 11.6. The lowest BCUT2D eigenvalue weighted by Gasteiger charge is -2.63. The molecule has 6 rings (SSSR count). The molecule has 5 aliphatic rings. The highest BCUT2D eigenvalue weighted by Crippen LogP contribution is 2.67. The summed E-state index contributed by atoms with van der Waals surface area (Å²) in [4.78, 5) is 1.46. The van der Waals surface area contributed by atoms with Gasteiger partial charge < -0.3 is 5.73 Å². The number of hydrogen-bond acceptors (Lipinski definition) is 2. The van der Waals surface area contributed by atoms with Gasteiger partial charge in [-0.1, -0.05) is 56.4 Å². The average Bonchev–Trinajstić information content (AvgIpc) is 2.63. The van der Waals surface area contributed by atoms with E-state index in [1.54, 1.807) is 5.56 Å². The highest BCUT2D eigenvalue weighted by atomic mass is 32.1. The van der Waals surface area contributed by atoms with Gasteiger partial charge in [0.25, 0.3) is 0 Å². The van der Waals surface area contributed by atoms with Gasteiger partial charge >= 0.3 is 0 Å². The molecular weight excluding hydrogens is 346 g/mol. The summed E-state index contributed by atoms with van der Waals surface area (Å²) in [5.74, 6) is 2.39. The van der Waals surface area contributed by atoms with Crippen LogP contribution in [-0.2, 0) is 5.41 Å². The highest BCUT2D eigenvalue weighted by Gasteiger charge is 2.60. The Kier molecular flexibility index (Phi) is 4.16. The second-order valence-corrected chi connectivity index (χ2v) is 11.8. The molecule has 0 amide bonds. The fourth-order valence-corrected chi connectivity index (χ4v) is 8.44. The monoisotopic (exact) mass is 381 g/mol. The molecule has 1 aromatic carbocycles. The van der Waals surface area contributed by atoms with Crippen molar-refractivity contribution in [2.45, 2.75) is 83.1 Å². The SMILES string of the molecule is CC1(C)CC(C(=S)C23CC4CC(C2)CC(c2ccccc2)(C4)C3)CC[C@@H]1N. The number of thiocarbonyl (C=S) groups is 1. The zero-order valence-electron chi connectivity index (χ0n) is 17.0. The maximum atomic E-state index is 6.43. The molecule has 3 unspecified atom stereocenters. The maximum Gasteiger partial charge on any atom is 0.00907 e. The third-order valence-corrected chi connectivity index (χ3v) is 9.71. The van der Waals surface area contributed by atoms with Gasteiger partial charge in [0.15, 0.2) is 0 Å². The van der Waals surface area contributed by atoms with Crippen molar-refractivity contribution < 1.29 is 0 Å². The van der Waals surface area contributed by atoms with Gasteiger partial charge in [0.05, 0.1) is 0 Å². The topological polar surface area (TPSA) is 26.0 Å². The van der Waals surface area contributed by atoms with Gasteiger partial charge in [0, 0.05) is 16.3 Å². The van der Waals surface area contributed by atoms with Gasteiger partial charge in [-0.15, -0.1) is 0 Å². The lowest BCUT2D eigenvalue weighted by atomic mass is 9.41. The van der Waals surface area contributed by atoms with Crippen LogP contribution < -0.4 is 5.73 Å². The van der Waals surface area contributed by atoms with Crippen LogP contribution in [0, 0.1) is 28.6 Å². The molecule has 27 heavy (non-hydrogen) atoms. The van der Waals surface area contributed by atoms with Gasteiger partial charge in [-0.2, -0.15) is 0 Å². The van der Waals surface area contributed by atoms with Crippen LogP contribution in [0.15, 0.2) is 30.3 Å². The van der Waals surface area contributed by atoms with Crippen molar-refractivity contribution in [1.29, 1.82) is 0 Å². The van der Waals surface area contributed by atoms with Crippen molar-refractivity contribution in [2.24, 2.45) is 34.3 Å². The summed E-state index contributed by atoms with van der Waals surface area (Å²) in [7, 11) is 0. The van der Waals surface area contributed by atoms with Crippen molar-refractivity contribution >= 4 is 17.1 Å². The van der Waals surface area contributed by atoms with E-state index in [0.29, 0.717) is 22.8 Å². The lowest BCUT2D eigenvalue weighted by molar-refractivity contribution is -0.0369. The highest BCUT2D eigenvalue weighted by molar-refractivity contribution is 7.80. The largest absolute Gasteiger partial charge is 0.327 e. The van der Waals surface area contributed by atoms with Crippen molar-refractivity contribution in [3.05, 3.63) is 35.9 Å². The Labute approximate surface area is 170 Å². The van der Waals surface area contributed by atoms with Crippen LogP contribution in [0.2, 0.25) is 0 Å². The Balaban J connectivity index is 1.47. The molecular formula is C25H35NS. The van der Waals surface area contributed by atoms with Crippen LogP contribution in [0.25, 0.3) is 0 Å². The van der Waals surface area contributed by atoms with Crippen LogP contribution in [0.5, 0.6) is 0 Å². The molecule has 0 radical (unpaired) electrons. The summed E-state index contributed by atoms with van der Waals surface area (Å²) in [6.07, 6.45) is 11.9. The lowest BCUT2D eigenvalue weighted by Crippen LogP contribution is -2.58. The normalized spacial score (nSPS) is 45.0. The van der Waals surface area contributed by atoms with Crippen molar-refractivity contribution in [3.63, 3.8) is 0 Å². The van der Waals surface area contributed by atoms with Crippen molar-refractivity contribution in [1.82, 2.24) is 0 Å². The molecule has 1 aromatic rings. The van der Waals surface area contributed by atoms with E-state index in [9.17, 15) is 0 Å². The van der Waals surface area contributed by atoms with E-state index in [1.807, 2.05) is 0 Å². The molecule has 4 atom stereocenters. The molecule has 5 aliphatic carbocycles. The summed E-state index contributed by atoms with van der Waals surface area (Å²) >= 11 is 6.37. The van der Waals surface area contributed by atoms with Gasteiger partial charge in [0.1, 0.15) is 0 Å². The van der Waals surface area contributed by atoms with Crippen molar-refractivity contribution in [3.8, 4) is 0 Å². The zero-order chi connectivity index (χ0) is 18.9. The first-order chi connectivity index (χ1) is 12.8. The standard InChI is InChI=1S/C25H35NS/c1-23(2)15-19(8-9-21(23)26)22(27)25-13-17-10-18(14-25)12-24(11-17,16-25)20-6-4-3-5-7-20/h3-7,17-19,21H,8-16,26H2,1-2H3/t17?,18?,19?,21-,24?,25?/m0/s1. The zero-order valence-corrected chi connectivity index (χ0v) is 17.9. The van der Waals surface area contributed by atoms with E-state index in [-0.39, 0.29) is 5.41 Å². The predicted molar refractivity (Wildman–Crippen MR) is 117 cm³/mol. The number of rotatable bonds is 3. The molecule has 0 heterocycles. The minimum absolute atomic E-state index is 0.229. The third-order valence-electron chi connectivity index (χ3n) is 8.94. The summed E-state index contributed by atoms with van der Waals surface area (Å²) < 4.78 is 0. The predicted octanol–water partition coefficient (Wildman–Crippen LogP) is 6.05. The molecule has 146 valence electrons. The Hall–Kier alpha value is -0.730. The van der Waals surface area contributed by atoms with E-state index in [4.69, 9.17) is 18.0 Å².